The van der Waals surface area contributed by atoms with Gasteiger partial charge in [-0.3, -0.25) is 4.79 Å². The summed E-state index contributed by atoms with van der Waals surface area (Å²) in [4.78, 5) is 12.6. The molecule has 1 N–H and O–H groups in total. The number of amides is 1. The lowest BCUT2D eigenvalue weighted by atomic mass is 10.2. The van der Waals surface area contributed by atoms with Crippen LogP contribution in [0.5, 0.6) is 0 Å². The van der Waals surface area contributed by atoms with Crippen LogP contribution in [0.25, 0.3) is 11.4 Å². The Kier molecular flexibility index (Phi) is 8.16. The third-order valence-electron chi connectivity index (χ3n) is 4.51. The fraction of sp³-hybridized carbons (Fsp3) is 0.286. The van der Waals surface area contributed by atoms with Gasteiger partial charge in [-0.2, -0.15) is 0 Å². The van der Waals surface area contributed by atoms with Crippen molar-refractivity contribution in [2.24, 2.45) is 0 Å². The second-order valence-corrected chi connectivity index (χ2v) is 8.47. The number of hydrogen-bond acceptors (Lipinski definition) is 5. The average molecular weight is 485 g/mol. The number of aromatic nitrogens is 3. The number of methoxy groups -OCH3 is 1. The predicted molar refractivity (Wildman–Crippen MR) is 117 cm³/mol. The topological polar surface area (TPSA) is 69.0 Å². The molecule has 0 fully saturated rings. The molecule has 32 heavy (non-hydrogen) atoms. The zero-order chi connectivity index (χ0) is 23.3. The SMILES string of the molecule is COCCCn1c(S[C@H](C)C(=O)Nc2ccc(F)c(F)c2F)nnc1-c1ccccc1Cl. The summed E-state index contributed by atoms with van der Waals surface area (Å²) in [6, 6.07) is 8.89. The molecule has 0 bridgehead atoms. The summed E-state index contributed by atoms with van der Waals surface area (Å²) < 4.78 is 47.4. The van der Waals surface area contributed by atoms with E-state index in [9.17, 15) is 18.0 Å². The van der Waals surface area contributed by atoms with E-state index in [1.165, 1.54) is 0 Å². The number of carbonyl (C=O) groups excluding carboxylic acids is 1. The summed E-state index contributed by atoms with van der Waals surface area (Å²) in [5.41, 5.74) is 0.242. The van der Waals surface area contributed by atoms with Crippen LogP contribution in [0, 0.1) is 17.5 Å². The molecule has 1 aromatic heterocycles. The lowest BCUT2D eigenvalue weighted by Gasteiger charge is -2.14. The first-order valence-corrected chi connectivity index (χ1v) is 10.9. The maximum absolute atomic E-state index is 13.9. The summed E-state index contributed by atoms with van der Waals surface area (Å²) in [5, 5.41) is 10.9. The summed E-state index contributed by atoms with van der Waals surface area (Å²) in [5.74, 6) is -4.51. The van der Waals surface area contributed by atoms with Crippen molar-refractivity contribution < 1.29 is 22.7 Å². The van der Waals surface area contributed by atoms with E-state index < -0.39 is 34.3 Å². The fourth-order valence-corrected chi connectivity index (χ4v) is 3.95. The molecule has 1 amide bonds. The molecule has 0 unspecified atom stereocenters. The van der Waals surface area contributed by atoms with E-state index in [-0.39, 0.29) is 0 Å². The molecule has 0 aliphatic heterocycles. The van der Waals surface area contributed by atoms with Crippen molar-refractivity contribution in [3.05, 3.63) is 58.9 Å². The molecule has 0 spiro atoms. The normalized spacial score (nSPS) is 12.1. The first-order chi connectivity index (χ1) is 15.3. The van der Waals surface area contributed by atoms with Crippen LogP contribution < -0.4 is 5.32 Å². The number of nitrogens with zero attached hydrogens (tertiary/aromatic N) is 3. The molecule has 6 nitrogen and oxygen atoms in total. The van der Waals surface area contributed by atoms with Crippen molar-refractivity contribution in [1.29, 1.82) is 0 Å². The lowest BCUT2D eigenvalue weighted by Crippen LogP contribution is -2.24. The molecule has 170 valence electrons. The van der Waals surface area contributed by atoms with E-state index in [2.05, 4.69) is 15.5 Å². The molecular formula is C21H20ClF3N4O2S. The largest absolute Gasteiger partial charge is 0.385 e. The first kappa shape index (κ1) is 24.1. The van der Waals surface area contributed by atoms with Gasteiger partial charge in [0.2, 0.25) is 5.91 Å². The van der Waals surface area contributed by atoms with Crippen LogP contribution in [0.15, 0.2) is 41.6 Å². The van der Waals surface area contributed by atoms with Crippen LogP contribution in [-0.2, 0) is 16.1 Å². The lowest BCUT2D eigenvalue weighted by molar-refractivity contribution is -0.115. The molecule has 1 atom stereocenters. The molecule has 2 aromatic carbocycles. The van der Waals surface area contributed by atoms with E-state index in [1.807, 2.05) is 16.7 Å². The molecule has 0 saturated carbocycles. The van der Waals surface area contributed by atoms with Crippen molar-refractivity contribution in [2.75, 3.05) is 19.0 Å². The molecule has 0 saturated heterocycles. The number of halogens is 4. The van der Waals surface area contributed by atoms with Crippen LogP contribution in [0.1, 0.15) is 13.3 Å². The second-order valence-electron chi connectivity index (χ2n) is 6.76. The highest BCUT2D eigenvalue weighted by Crippen LogP contribution is 2.31. The second kappa shape index (κ2) is 10.8. The Labute approximate surface area is 192 Å². The van der Waals surface area contributed by atoms with Crippen LogP contribution in [-0.4, -0.2) is 39.6 Å². The number of ether oxygens (including phenoxy) is 1. The van der Waals surface area contributed by atoms with Crippen LogP contribution >= 0.6 is 23.4 Å². The predicted octanol–water partition coefficient (Wildman–Crippen LogP) is 5.17. The van der Waals surface area contributed by atoms with Gasteiger partial charge < -0.3 is 14.6 Å². The van der Waals surface area contributed by atoms with Crippen LogP contribution in [0.2, 0.25) is 5.02 Å². The number of rotatable bonds is 9. The van der Waals surface area contributed by atoms with Crippen LogP contribution in [0.3, 0.4) is 0 Å². The van der Waals surface area contributed by atoms with E-state index in [0.717, 1.165) is 23.9 Å². The van der Waals surface area contributed by atoms with Gasteiger partial charge in [-0.25, -0.2) is 13.2 Å². The number of benzene rings is 2. The summed E-state index contributed by atoms with van der Waals surface area (Å²) >= 11 is 7.41. The Morgan fingerprint density at radius 3 is 2.66 bits per heavy atom. The molecule has 3 rings (SSSR count). The molecular weight excluding hydrogens is 465 g/mol. The van der Waals surface area contributed by atoms with Crippen molar-refractivity contribution in [3.63, 3.8) is 0 Å². The Morgan fingerprint density at radius 2 is 1.94 bits per heavy atom. The Balaban J connectivity index is 1.82. The van der Waals surface area contributed by atoms with Crippen molar-refractivity contribution >= 4 is 35.0 Å². The molecule has 1 heterocycles. The van der Waals surface area contributed by atoms with E-state index in [4.69, 9.17) is 16.3 Å². The highest BCUT2D eigenvalue weighted by molar-refractivity contribution is 8.00. The zero-order valence-electron chi connectivity index (χ0n) is 17.2. The molecule has 0 aliphatic carbocycles. The van der Waals surface area contributed by atoms with E-state index >= 15 is 0 Å². The highest BCUT2D eigenvalue weighted by atomic mass is 35.5. The van der Waals surface area contributed by atoms with Crippen molar-refractivity contribution in [1.82, 2.24) is 14.8 Å². The minimum atomic E-state index is -1.65. The summed E-state index contributed by atoms with van der Waals surface area (Å²) in [6.45, 7) is 2.60. The standard InChI is InChI=1S/C21H20ClF3N4O2S/c1-12(20(30)26-16-9-8-15(23)17(24)18(16)25)32-21-28-27-19(29(21)10-5-11-31-2)13-6-3-4-7-14(13)22/h3-4,6-9,12H,5,10-11H2,1-2H3,(H,26,30)/t12-/m1/s1. The molecule has 3 aromatic rings. The summed E-state index contributed by atoms with van der Waals surface area (Å²) in [6.07, 6.45) is 0.667. The third kappa shape index (κ3) is 5.43. The quantitative estimate of drug-likeness (QED) is 0.258. The third-order valence-corrected chi connectivity index (χ3v) is 5.92. The van der Waals surface area contributed by atoms with Gasteiger partial charge in [0, 0.05) is 25.8 Å². The van der Waals surface area contributed by atoms with Gasteiger partial charge in [-0.15, -0.1) is 10.2 Å². The van der Waals surface area contributed by atoms with Gasteiger partial charge in [-0.05, 0) is 37.6 Å². The number of nitrogens with one attached hydrogen (secondary N) is 1. The van der Waals surface area contributed by atoms with Gasteiger partial charge in [-0.1, -0.05) is 35.5 Å². The van der Waals surface area contributed by atoms with Gasteiger partial charge in [0.15, 0.2) is 28.4 Å². The number of hydrogen-bond donors (Lipinski definition) is 1. The van der Waals surface area contributed by atoms with E-state index in [1.54, 1.807) is 26.2 Å². The Bertz CT molecular complexity index is 1110. The smallest absolute Gasteiger partial charge is 0.237 e. The molecule has 11 heteroatoms. The highest BCUT2D eigenvalue weighted by Gasteiger charge is 2.23. The average Bonchev–Trinajstić information content (AvgIpc) is 3.16. The maximum Gasteiger partial charge on any atom is 0.237 e. The minimum Gasteiger partial charge on any atom is -0.385 e. The van der Waals surface area contributed by atoms with Crippen LogP contribution in [0.4, 0.5) is 18.9 Å². The fourth-order valence-electron chi connectivity index (χ4n) is 2.85. The number of anilines is 1. The van der Waals surface area contributed by atoms with Crippen molar-refractivity contribution in [2.45, 2.75) is 30.3 Å². The number of thioether (sulfide) groups is 1. The zero-order valence-corrected chi connectivity index (χ0v) is 18.8. The van der Waals surface area contributed by atoms with Crippen molar-refractivity contribution in [3.8, 4) is 11.4 Å². The monoisotopic (exact) mass is 484 g/mol. The van der Waals surface area contributed by atoms with Gasteiger partial charge in [0.1, 0.15) is 0 Å². The Morgan fingerprint density at radius 1 is 1.19 bits per heavy atom. The van der Waals surface area contributed by atoms with E-state index in [0.29, 0.717) is 41.1 Å². The van der Waals surface area contributed by atoms with Gasteiger partial charge >= 0.3 is 0 Å². The first-order valence-electron chi connectivity index (χ1n) is 9.61. The molecule has 0 aliphatic rings. The minimum absolute atomic E-state index is 0.445. The summed E-state index contributed by atoms with van der Waals surface area (Å²) in [7, 11) is 1.60. The number of carbonyl (C=O) groups is 1. The Hall–Kier alpha value is -2.56. The van der Waals surface area contributed by atoms with Gasteiger partial charge in [0.05, 0.1) is 16.0 Å². The maximum atomic E-state index is 13.9. The van der Waals surface area contributed by atoms with Gasteiger partial charge in [0.25, 0.3) is 0 Å². The molecule has 0 radical (unpaired) electrons.